The molecule has 0 atom stereocenters. The number of aliphatic carboxylic acids is 1. The molecule has 1 saturated carbocycles. The number of carbonyl (C=O) groups excluding carboxylic acids is 1. The molecule has 3 aromatic rings. The summed E-state index contributed by atoms with van der Waals surface area (Å²) in [5.41, 5.74) is 7.69. The Morgan fingerprint density at radius 3 is 2.67 bits per heavy atom. The van der Waals surface area contributed by atoms with E-state index in [0.717, 1.165) is 88.6 Å². The third-order valence-electron chi connectivity index (χ3n) is 10.0. The highest BCUT2D eigenvalue weighted by atomic mass is 32.2. The van der Waals surface area contributed by atoms with Gasteiger partial charge in [0.15, 0.2) is 5.88 Å². The van der Waals surface area contributed by atoms with Gasteiger partial charge in [-0.1, -0.05) is 37.1 Å². The van der Waals surface area contributed by atoms with Crippen molar-refractivity contribution in [2.45, 2.75) is 63.9 Å². The molecule has 0 bridgehead atoms. The van der Waals surface area contributed by atoms with Crippen LogP contribution in [0.25, 0.3) is 16.7 Å². The van der Waals surface area contributed by atoms with Crippen molar-refractivity contribution in [3.8, 4) is 5.88 Å². The number of fused-ring (bicyclic) bond motifs is 4. The summed E-state index contributed by atoms with van der Waals surface area (Å²) < 4.78 is 20.7. The lowest BCUT2D eigenvalue weighted by molar-refractivity contribution is -0.131. The number of amides is 1. The molecule has 2 saturated heterocycles. The van der Waals surface area contributed by atoms with E-state index in [0.29, 0.717) is 50.1 Å². The number of hydrogen-bond acceptors (Lipinski definition) is 7. The smallest absolute Gasteiger partial charge is 0.342 e. The molecule has 6 heterocycles. The second-order valence-corrected chi connectivity index (χ2v) is 13.8. The van der Waals surface area contributed by atoms with Crippen LogP contribution in [0.4, 0.5) is 11.4 Å². The number of carboxylic acid groups (broad SMARTS) is 1. The van der Waals surface area contributed by atoms with E-state index in [2.05, 4.69) is 39.6 Å². The summed E-state index contributed by atoms with van der Waals surface area (Å²) >= 11 is 1.36. The summed E-state index contributed by atoms with van der Waals surface area (Å²) in [7, 11) is 0. The lowest BCUT2D eigenvalue weighted by Crippen LogP contribution is -2.37. The number of allylic oxidation sites excluding steroid dienone is 1. The standard InChI is InChI=1S/C36H39N3O6S/c40-31-7-4-14-38(31)26-9-10-27(37-15-17-43-18-16-37)25(19-26)21-45-32-13-11-28-33(23-5-2-1-3-6-23)34-29(39(28)32)22-44-20-24-8-12-30(36(41)42)46-35(24)34/h9-13,19,22-23H,1-8,14-18,20-21H2,(H,41,42). The van der Waals surface area contributed by atoms with Crippen LogP contribution in [0.5, 0.6) is 5.88 Å². The number of rotatable bonds is 7. The average Bonchev–Trinajstić information content (AvgIpc) is 3.76. The summed E-state index contributed by atoms with van der Waals surface area (Å²) in [4.78, 5) is 30.3. The van der Waals surface area contributed by atoms with Gasteiger partial charge in [0, 0.05) is 59.5 Å². The second kappa shape index (κ2) is 12.4. The van der Waals surface area contributed by atoms with Gasteiger partial charge >= 0.3 is 5.97 Å². The average molecular weight is 642 g/mol. The molecular formula is C36H39N3O6S. The summed E-state index contributed by atoms with van der Waals surface area (Å²) in [6.45, 7) is 4.49. The highest BCUT2D eigenvalue weighted by molar-refractivity contribution is 8.12. The van der Waals surface area contributed by atoms with Crippen LogP contribution >= 0.6 is 11.8 Å². The quantitative estimate of drug-likeness (QED) is 0.345. The molecule has 0 spiro atoms. The number of benzene rings is 1. The van der Waals surface area contributed by atoms with Crippen molar-refractivity contribution >= 4 is 51.7 Å². The Morgan fingerprint density at radius 2 is 1.89 bits per heavy atom. The molecule has 1 amide bonds. The third kappa shape index (κ3) is 5.25. The largest absolute Gasteiger partial charge is 0.495 e. The van der Waals surface area contributed by atoms with E-state index in [1.54, 1.807) is 6.08 Å². The molecule has 8 rings (SSSR count). The first kappa shape index (κ1) is 29.5. The first-order chi connectivity index (χ1) is 22.6. The fraction of sp³-hybridized carbons (Fsp3) is 0.444. The van der Waals surface area contributed by atoms with Gasteiger partial charge in [0.1, 0.15) is 19.5 Å². The van der Waals surface area contributed by atoms with Crippen LogP contribution in [0.1, 0.15) is 74.0 Å². The molecule has 1 N–H and O–H groups in total. The maximum Gasteiger partial charge on any atom is 0.342 e. The van der Waals surface area contributed by atoms with Crippen LogP contribution in [-0.2, 0) is 25.7 Å². The molecule has 10 heteroatoms. The van der Waals surface area contributed by atoms with Crippen molar-refractivity contribution in [1.29, 1.82) is 0 Å². The predicted molar refractivity (Wildman–Crippen MR) is 179 cm³/mol. The highest BCUT2D eigenvalue weighted by Gasteiger charge is 2.33. The lowest BCUT2D eigenvalue weighted by atomic mass is 9.82. The van der Waals surface area contributed by atoms with E-state index in [9.17, 15) is 14.7 Å². The van der Waals surface area contributed by atoms with Crippen LogP contribution < -0.4 is 19.9 Å². The topological polar surface area (TPSA) is 93.0 Å². The van der Waals surface area contributed by atoms with Gasteiger partial charge in [0.25, 0.3) is 0 Å². The summed E-state index contributed by atoms with van der Waals surface area (Å²) in [6, 6.07) is 10.5. The Morgan fingerprint density at radius 1 is 1.04 bits per heavy atom. The van der Waals surface area contributed by atoms with Gasteiger partial charge in [0.05, 0.1) is 29.0 Å². The van der Waals surface area contributed by atoms with Crippen molar-refractivity contribution in [1.82, 2.24) is 4.40 Å². The van der Waals surface area contributed by atoms with E-state index in [1.807, 2.05) is 11.2 Å². The van der Waals surface area contributed by atoms with E-state index in [4.69, 9.17) is 14.2 Å². The Hall–Kier alpha value is -3.89. The normalized spacial score (nSPS) is 20.6. The van der Waals surface area contributed by atoms with Crippen LogP contribution in [-0.4, -0.2) is 60.8 Å². The fourth-order valence-electron chi connectivity index (χ4n) is 7.80. The summed E-state index contributed by atoms with van der Waals surface area (Å²) in [6.07, 6.45) is 11.6. The highest BCUT2D eigenvalue weighted by Crippen LogP contribution is 2.47. The second-order valence-electron chi connectivity index (χ2n) is 12.8. The lowest BCUT2D eigenvalue weighted by Gasteiger charge is -2.31. The van der Waals surface area contributed by atoms with Gasteiger partial charge < -0.3 is 29.1 Å². The van der Waals surface area contributed by atoms with Gasteiger partial charge in [-0.05, 0) is 67.0 Å². The van der Waals surface area contributed by atoms with Gasteiger partial charge in [0.2, 0.25) is 5.91 Å². The Balaban J connectivity index is 1.20. The SMILES string of the molecule is O=C(O)C1=CCC2=C(S1)c1c(C3CCCCC3)c3ccc(OCc4cc(N5CCCC5=O)ccc4N4CCOCC4)n3c1=COC2. The van der Waals surface area contributed by atoms with E-state index >= 15 is 0 Å². The van der Waals surface area contributed by atoms with Crippen molar-refractivity contribution < 1.29 is 28.9 Å². The van der Waals surface area contributed by atoms with Gasteiger partial charge in [-0.25, -0.2) is 4.79 Å². The monoisotopic (exact) mass is 641 g/mol. The molecule has 5 aliphatic rings. The Bertz CT molecular complexity index is 1810. The molecule has 3 fully saturated rings. The minimum Gasteiger partial charge on any atom is -0.495 e. The minimum atomic E-state index is -0.886. The first-order valence-corrected chi connectivity index (χ1v) is 17.4. The summed E-state index contributed by atoms with van der Waals surface area (Å²) in [5, 5.41) is 10.8. The van der Waals surface area contributed by atoms with Gasteiger partial charge in [-0.2, -0.15) is 0 Å². The molecule has 1 aliphatic carbocycles. The maximum atomic E-state index is 12.6. The number of carboxylic acids is 1. The zero-order valence-corrected chi connectivity index (χ0v) is 26.8. The maximum absolute atomic E-state index is 12.6. The number of thioether (sulfide) groups is 1. The molecule has 0 unspecified atom stereocenters. The molecule has 0 radical (unpaired) electrons. The number of aromatic nitrogens is 1. The first-order valence-electron chi connectivity index (χ1n) is 16.6. The number of morpholine rings is 1. The molecule has 4 aliphatic heterocycles. The number of carbonyl (C=O) groups is 2. The fourth-order valence-corrected chi connectivity index (χ4v) is 8.88. The van der Waals surface area contributed by atoms with Crippen molar-refractivity contribution in [2.24, 2.45) is 0 Å². The van der Waals surface area contributed by atoms with Crippen LogP contribution in [0.2, 0.25) is 0 Å². The third-order valence-corrected chi connectivity index (χ3v) is 11.3. The van der Waals surface area contributed by atoms with Crippen molar-refractivity contribution in [2.75, 3.05) is 49.3 Å². The molecule has 2 aromatic heterocycles. The Kier molecular flexibility index (Phi) is 7.94. The van der Waals surface area contributed by atoms with E-state index in [-0.39, 0.29) is 5.91 Å². The molecule has 240 valence electrons. The number of hydrogen-bond donors (Lipinski definition) is 1. The van der Waals surface area contributed by atoms with E-state index in [1.165, 1.54) is 36.6 Å². The number of anilines is 2. The molecule has 1 aromatic carbocycles. The predicted octanol–water partition coefficient (Wildman–Crippen LogP) is 5.83. The van der Waals surface area contributed by atoms with Crippen molar-refractivity contribution in [3.63, 3.8) is 0 Å². The van der Waals surface area contributed by atoms with E-state index < -0.39 is 5.97 Å². The van der Waals surface area contributed by atoms with Crippen molar-refractivity contribution in [3.05, 3.63) is 68.9 Å². The molecular weight excluding hydrogens is 602 g/mol. The Labute approximate surface area is 272 Å². The zero-order chi connectivity index (χ0) is 31.2. The number of nitrogens with zero attached hydrogens (tertiary/aromatic N) is 3. The van der Waals surface area contributed by atoms with Gasteiger partial charge in [-0.15, -0.1) is 0 Å². The zero-order valence-electron chi connectivity index (χ0n) is 26.0. The summed E-state index contributed by atoms with van der Waals surface area (Å²) in [5.74, 6) is 0.398. The molecule has 46 heavy (non-hydrogen) atoms. The number of ether oxygens (including phenoxy) is 3. The minimum absolute atomic E-state index is 0.166. The van der Waals surface area contributed by atoms with Gasteiger partial charge in [-0.3, -0.25) is 9.20 Å². The molecule has 9 nitrogen and oxygen atoms in total. The van der Waals surface area contributed by atoms with Crippen LogP contribution in [0, 0.1) is 0 Å². The van der Waals surface area contributed by atoms with Crippen LogP contribution in [0.15, 0.2) is 46.9 Å². The van der Waals surface area contributed by atoms with Crippen LogP contribution in [0.3, 0.4) is 0 Å².